The molecular weight excluding hydrogens is 454 g/mol. The Labute approximate surface area is 192 Å². The van der Waals surface area contributed by atoms with Crippen LogP contribution in [0.2, 0.25) is 5.02 Å². The molecule has 10 heteroatoms. The maximum atomic E-state index is 12.7. The third kappa shape index (κ3) is 6.44. The molecule has 1 heterocycles. The van der Waals surface area contributed by atoms with Crippen LogP contribution in [0.15, 0.2) is 47.4 Å². The molecule has 1 fully saturated rings. The Kier molecular flexibility index (Phi) is 8.11. The first-order chi connectivity index (χ1) is 15.3. The van der Waals surface area contributed by atoms with Crippen molar-refractivity contribution in [2.24, 2.45) is 0 Å². The molecule has 0 saturated carbocycles. The van der Waals surface area contributed by atoms with Crippen LogP contribution in [-0.2, 0) is 26.0 Å². The maximum Gasteiger partial charge on any atom is 0.276 e. The number of hydrazine groups is 1. The van der Waals surface area contributed by atoms with Crippen LogP contribution in [0, 0.1) is 6.92 Å². The third-order valence-corrected chi connectivity index (χ3v) is 7.23. The normalized spacial score (nSPS) is 14.6. The summed E-state index contributed by atoms with van der Waals surface area (Å²) < 4.78 is 32.3. The molecule has 0 atom stereocenters. The number of sulfonamides is 1. The molecule has 2 aromatic carbocycles. The van der Waals surface area contributed by atoms with Gasteiger partial charge in [-0.05, 0) is 61.2 Å². The van der Waals surface area contributed by atoms with E-state index in [1.54, 1.807) is 30.3 Å². The van der Waals surface area contributed by atoms with Crippen LogP contribution >= 0.6 is 11.6 Å². The number of aryl methyl sites for hydroxylation is 1. The predicted octanol–water partition coefficient (Wildman–Crippen LogP) is 2.59. The minimum atomic E-state index is -3.51. The molecule has 8 nitrogen and oxygen atoms in total. The molecule has 0 bridgehead atoms. The van der Waals surface area contributed by atoms with Gasteiger partial charge in [-0.15, -0.1) is 0 Å². The van der Waals surface area contributed by atoms with Crippen LogP contribution in [-0.4, -0.2) is 44.2 Å². The highest BCUT2D eigenvalue weighted by Crippen LogP contribution is 2.22. The van der Waals surface area contributed by atoms with Gasteiger partial charge in [-0.25, -0.2) is 8.42 Å². The van der Waals surface area contributed by atoms with Gasteiger partial charge in [0.05, 0.1) is 11.3 Å². The molecule has 2 aromatic rings. The van der Waals surface area contributed by atoms with Crippen molar-refractivity contribution < 1.29 is 22.7 Å². The smallest absolute Gasteiger partial charge is 0.276 e. The van der Waals surface area contributed by atoms with Crippen molar-refractivity contribution in [1.29, 1.82) is 0 Å². The van der Waals surface area contributed by atoms with E-state index in [0.717, 1.165) is 24.8 Å². The molecule has 1 aliphatic heterocycles. The number of carbonyl (C=O) groups excluding carboxylic acids is 2. The Hall–Kier alpha value is -2.62. The molecule has 172 valence electrons. The molecule has 2 amide bonds. The average Bonchev–Trinajstić information content (AvgIpc) is 2.78. The van der Waals surface area contributed by atoms with Crippen LogP contribution in [0.4, 0.5) is 0 Å². The fourth-order valence-corrected chi connectivity index (χ4v) is 5.10. The second kappa shape index (κ2) is 10.8. The zero-order chi connectivity index (χ0) is 23.1. The number of carbonyl (C=O) groups is 2. The first-order valence-corrected chi connectivity index (χ1v) is 12.1. The second-order valence-corrected chi connectivity index (χ2v) is 9.95. The molecule has 0 aromatic heterocycles. The Morgan fingerprint density at radius 3 is 2.31 bits per heavy atom. The Bertz CT molecular complexity index is 1070. The van der Waals surface area contributed by atoms with Gasteiger partial charge < -0.3 is 4.74 Å². The lowest BCUT2D eigenvalue weighted by atomic mass is 10.1. The van der Waals surface area contributed by atoms with Crippen molar-refractivity contribution in [1.82, 2.24) is 15.2 Å². The van der Waals surface area contributed by atoms with Crippen LogP contribution in [0.3, 0.4) is 0 Å². The minimum Gasteiger partial charge on any atom is -0.483 e. The summed E-state index contributed by atoms with van der Waals surface area (Å²) >= 11 is 5.88. The summed E-state index contributed by atoms with van der Waals surface area (Å²) in [5.41, 5.74) is 6.03. The van der Waals surface area contributed by atoms with Crippen molar-refractivity contribution >= 4 is 33.4 Å². The van der Waals surface area contributed by atoms with Crippen molar-refractivity contribution in [3.8, 4) is 5.75 Å². The first kappa shape index (κ1) is 24.0. The summed E-state index contributed by atoms with van der Waals surface area (Å²) in [5.74, 6) is -0.432. The molecule has 0 radical (unpaired) electrons. The summed E-state index contributed by atoms with van der Waals surface area (Å²) in [5, 5.41) is 0.573. The molecule has 0 unspecified atom stereocenters. The zero-order valence-corrected chi connectivity index (χ0v) is 19.3. The van der Waals surface area contributed by atoms with Crippen molar-refractivity contribution in [2.45, 2.75) is 37.5 Å². The van der Waals surface area contributed by atoms with E-state index in [0.29, 0.717) is 29.4 Å². The number of amides is 2. The number of rotatable bonds is 7. The Morgan fingerprint density at radius 1 is 1.00 bits per heavy atom. The van der Waals surface area contributed by atoms with Gasteiger partial charge in [0.25, 0.3) is 5.91 Å². The highest BCUT2D eigenvalue weighted by atomic mass is 35.5. The summed E-state index contributed by atoms with van der Waals surface area (Å²) in [4.78, 5) is 24.2. The first-order valence-electron chi connectivity index (χ1n) is 10.3. The number of benzene rings is 2. The minimum absolute atomic E-state index is 0.0124. The van der Waals surface area contributed by atoms with E-state index in [9.17, 15) is 18.0 Å². The summed E-state index contributed by atoms with van der Waals surface area (Å²) in [6, 6.07) is 11.3. The van der Waals surface area contributed by atoms with Crippen LogP contribution < -0.4 is 15.6 Å². The molecule has 1 saturated heterocycles. The predicted molar refractivity (Wildman–Crippen MR) is 121 cm³/mol. The summed E-state index contributed by atoms with van der Waals surface area (Å²) in [7, 11) is -3.51. The van der Waals surface area contributed by atoms with Crippen LogP contribution in [0.5, 0.6) is 5.75 Å². The van der Waals surface area contributed by atoms with Gasteiger partial charge >= 0.3 is 0 Å². The number of hydrogen-bond donors (Lipinski definition) is 2. The number of nitrogens with zero attached hydrogens (tertiary/aromatic N) is 1. The number of ether oxygens (including phenoxy) is 1. The molecule has 2 N–H and O–H groups in total. The van der Waals surface area contributed by atoms with E-state index in [4.69, 9.17) is 16.3 Å². The van der Waals surface area contributed by atoms with E-state index in [2.05, 4.69) is 10.9 Å². The zero-order valence-electron chi connectivity index (χ0n) is 17.8. The van der Waals surface area contributed by atoms with Gasteiger partial charge in [0.15, 0.2) is 6.61 Å². The number of nitrogens with one attached hydrogen (secondary N) is 2. The summed E-state index contributed by atoms with van der Waals surface area (Å²) in [6.45, 7) is 2.61. The fourth-order valence-electron chi connectivity index (χ4n) is 3.36. The number of piperidine rings is 1. The third-order valence-electron chi connectivity index (χ3n) is 5.08. The van der Waals surface area contributed by atoms with Gasteiger partial charge in [-0.2, -0.15) is 4.31 Å². The van der Waals surface area contributed by atoms with Gasteiger partial charge in [-0.1, -0.05) is 30.2 Å². The van der Waals surface area contributed by atoms with Gasteiger partial charge in [0.2, 0.25) is 15.9 Å². The van der Waals surface area contributed by atoms with Gasteiger partial charge in [0, 0.05) is 18.1 Å². The lowest BCUT2D eigenvalue weighted by Gasteiger charge is -2.25. The monoisotopic (exact) mass is 479 g/mol. The number of halogens is 1. The lowest BCUT2D eigenvalue weighted by Crippen LogP contribution is -2.44. The highest BCUT2D eigenvalue weighted by molar-refractivity contribution is 7.89. The Morgan fingerprint density at radius 2 is 1.66 bits per heavy atom. The van der Waals surface area contributed by atoms with Crippen molar-refractivity contribution in [2.75, 3.05) is 19.7 Å². The van der Waals surface area contributed by atoms with E-state index < -0.39 is 21.8 Å². The van der Waals surface area contributed by atoms with Gasteiger partial charge in [-0.3, -0.25) is 20.4 Å². The highest BCUT2D eigenvalue weighted by Gasteiger charge is 2.25. The molecule has 0 aliphatic carbocycles. The maximum absolute atomic E-state index is 12.7. The molecule has 3 rings (SSSR count). The standard InChI is InChI=1S/C22H26ClN3O5S/c1-16-13-18(23)7-10-20(16)31-15-22(28)25-24-21(27)14-17-5-8-19(9-6-17)32(29,30)26-11-3-2-4-12-26/h5-10,13H,2-4,11-12,14-15H2,1H3,(H,24,27)(H,25,28). The van der Waals surface area contributed by atoms with Crippen molar-refractivity contribution in [3.05, 3.63) is 58.6 Å². The molecule has 32 heavy (non-hydrogen) atoms. The van der Waals surface area contributed by atoms with Crippen molar-refractivity contribution in [3.63, 3.8) is 0 Å². The lowest BCUT2D eigenvalue weighted by molar-refractivity contribution is -0.129. The topological polar surface area (TPSA) is 105 Å². The van der Waals surface area contributed by atoms with E-state index in [1.165, 1.54) is 16.4 Å². The second-order valence-electron chi connectivity index (χ2n) is 7.58. The number of hydrogen-bond acceptors (Lipinski definition) is 5. The molecule has 1 aliphatic rings. The molecule has 0 spiro atoms. The quantitative estimate of drug-likeness (QED) is 0.594. The van der Waals surface area contributed by atoms with Crippen LogP contribution in [0.1, 0.15) is 30.4 Å². The largest absolute Gasteiger partial charge is 0.483 e. The average molecular weight is 480 g/mol. The van der Waals surface area contributed by atoms with E-state index in [-0.39, 0.29) is 17.9 Å². The van der Waals surface area contributed by atoms with E-state index in [1.807, 2.05) is 6.92 Å². The molecular formula is C22H26ClN3O5S. The fraction of sp³-hybridized carbons (Fsp3) is 0.364. The SMILES string of the molecule is Cc1cc(Cl)ccc1OCC(=O)NNC(=O)Cc1ccc(S(=O)(=O)N2CCCCC2)cc1. The van der Waals surface area contributed by atoms with Crippen LogP contribution in [0.25, 0.3) is 0 Å². The van der Waals surface area contributed by atoms with E-state index >= 15 is 0 Å². The summed E-state index contributed by atoms with van der Waals surface area (Å²) in [6.07, 6.45) is 2.77. The van der Waals surface area contributed by atoms with Gasteiger partial charge in [0.1, 0.15) is 5.75 Å². The Balaban J connectivity index is 1.45.